The standard InChI is InChI=1S/C8H17NOS2/c1-4-6-9(7-5-2)8(10)12-11-3/h4-7H2,1-3H3. The highest BCUT2D eigenvalue weighted by Crippen LogP contribution is 2.21. The minimum atomic E-state index is 0.200. The molecule has 0 bridgehead atoms. The van der Waals surface area contributed by atoms with Crippen molar-refractivity contribution in [3.8, 4) is 0 Å². The third-order valence-electron chi connectivity index (χ3n) is 1.40. The Labute approximate surface area is 82.9 Å². The highest BCUT2D eigenvalue weighted by atomic mass is 33.1. The van der Waals surface area contributed by atoms with E-state index in [2.05, 4.69) is 13.8 Å². The third kappa shape index (κ3) is 4.93. The van der Waals surface area contributed by atoms with E-state index in [0.717, 1.165) is 25.9 Å². The van der Waals surface area contributed by atoms with Crippen molar-refractivity contribution in [3.63, 3.8) is 0 Å². The van der Waals surface area contributed by atoms with Gasteiger partial charge in [-0.15, -0.1) is 0 Å². The predicted molar refractivity (Wildman–Crippen MR) is 58.7 cm³/mol. The third-order valence-corrected chi connectivity index (χ3v) is 2.90. The fourth-order valence-corrected chi connectivity index (χ4v) is 2.13. The summed E-state index contributed by atoms with van der Waals surface area (Å²) in [4.78, 5) is 13.3. The van der Waals surface area contributed by atoms with Gasteiger partial charge in [-0.05, 0) is 19.1 Å². The van der Waals surface area contributed by atoms with E-state index in [1.165, 1.54) is 21.6 Å². The molecule has 0 N–H and O–H groups in total. The molecule has 0 aliphatic rings. The summed E-state index contributed by atoms with van der Waals surface area (Å²) in [5.74, 6) is 0. The largest absolute Gasteiger partial charge is 0.333 e. The van der Waals surface area contributed by atoms with E-state index in [9.17, 15) is 4.79 Å². The van der Waals surface area contributed by atoms with E-state index in [1.807, 2.05) is 11.2 Å². The zero-order valence-corrected chi connectivity index (χ0v) is 9.63. The molecule has 4 heteroatoms. The summed E-state index contributed by atoms with van der Waals surface area (Å²) in [6.45, 7) is 5.97. The smallest absolute Gasteiger partial charge is 0.292 e. The second-order valence-electron chi connectivity index (χ2n) is 2.50. The Morgan fingerprint density at radius 3 is 2.08 bits per heavy atom. The number of carbonyl (C=O) groups is 1. The maximum Gasteiger partial charge on any atom is 0.292 e. The van der Waals surface area contributed by atoms with Gasteiger partial charge < -0.3 is 4.90 Å². The van der Waals surface area contributed by atoms with Crippen LogP contribution in [0, 0.1) is 0 Å². The van der Waals surface area contributed by atoms with Gasteiger partial charge in [-0.2, -0.15) is 0 Å². The molecule has 0 aliphatic carbocycles. The van der Waals surface area contributed by atoms with Crippen molar-refractivity contribution in [3.05, 3.63) is 0 Å². The van der Waals surface area contributed by atoms with Crippen molar-refractivity contribution in [1.82, 2.24) is 4.90 Å². The van der Waals surface area contributed by atoms with Crippen LogP contribution in [0.25, 0.3) is 0 Å². The zero-order chi connectivity index (χ0) is 9.40. The van der Waals surface area contributed by atoms with Crippen LogP contribution < -0.4 is 0 Å². The second kappa shape index (κ2) is 7.80. The summed E-state index contributed by atoms with van der Waals surface area (Å²) in [6, 6.07) is 0. The van der Waals surface area contributed by atoms with E-state index >= 15 is 0 Å². The van der Waals surface area contributed by atoms with Gasteiger partial charge >= 0.3 is 0 Å². The van der Waals surface area contributed by atoms with Gasteiger partial charge in [0.05, 0.1) is 0 Å². The van der Waals surface area contributed by atoms with Crippen molar-refractivity contribution >= 4 is 26.8 Å². The molecule has 0 saturated heterocycles. The Kier molecular flexibility index (Phi) is 7.91. The van der Waals surface area contributed by atoms with Crippen LogP contribution in [0.3, 0.4) is 0 Å². The lowest BCUT2D eigenvalue weighted by molar-refractivity contribution is 0.223. The first-order valence-electron chi connectivity index (χ1n) is 4.25. The molecule has 0 aromatic carbocycles. The summed E-state index contributed by atoms with van der Waals surface area (Å²) in [5, 5.41) is 0.200. The van der Waals surface area contributed by atoms with Gasteiger partial charge in [0.2, 0.25) is 0 Å². The molecule has 1 amide bonds. The molecular weight excluding hydrogens is 190 g/mol. The number of hydrogen-bond acceptors (Lipinski definition) is 3. The molecule has 12 heavy (non-hydrogen) atoms. The lowest BCUT2D eigenvalue weighted by Crippen LogP contribution is -2.28. The Hall–Kier alpha value is 0.170. The molecule has 0 unspecified atom stereocenters. The van der Waals surface area contributed by atoms with Crippen LogP contribution >= 0.6 is 21.6 Å². The minimum absolute atomic E-state index is 0.200. The average Bonchev–Trinajstić information content (AvgIpc) is 2.04. The number of rotatable bonds is 5. The number of carbonyl (C=O) groups excluding carboxylic acids is 1. The Morgan fingerprint density at radius 2 is 1.75 bits per heavy atom. The van der Waals surface area contributed by atoms with E-state index in [-0.39, 0.29) is 5.24 Å². The number of hydrogen-bond donors (Lipinski definition) is 0. The summed E-state index contributed by atoms with van der Waals surface area (Å²) in [7, 11) is 2.84. The lowest BCUT2D eigenvalue weighted by atomic mass is 10.4. The molecule has 0 saturated carbocycles. The molecule has 2 nitrogen and oxygen atoms in total. The van der Waals surface area contributed by atoms with Gasteiger partial charge in [0, 0.05) is 23.9 Å². The molecule has 0 fully saturated rings. The first-order valence-corrected chi connectivity index (χ1v) is 6.81. The average molecular weight is 207 g/mol. The molecule has 72 valence electrons. The Morgan fingerprint density at radius 1 is 1.25 bits per heavy atom. The topological polar surface area (TPSA) is 20.3 Å². The van der Waals surface area contributed by atoms with Crippen LogP contribution in [0.4, 0.5) is 4.79 Å². The molecule has 0 heterocycles. The number of amides is 1. The van der Waals surface area contributed by atoms with Crippen LogP contribution in [-0.4, -0.2) is 29.5 Å². The summed E-state index contributed by atoms with van der Waals surface area (Å²) in [6.07, 6.45) is 4.01. The molecule has 0 aromatic heterocycles. The first-order chi connectivity index (χ1) is 5.76. The fraction of sp³-hybridized carbons (Fsp3) is 0.875. The molecule has 0 atom stereocenters. The lowest BCUT2D eigenvalue weighted by Gasteiger charge is -2.19. The van der Waals surface area contributed by atoms with E-state index in [1.54, 1.807) is 0 Å². The molecule has 0 rings (SSSR count). The van der Waals surface area contributed by atoms with E-state index in [4.69, 9.17) is 0 Å². The maximum atomic E-state index is 11.4. The second-order valence-corrected chi connectivity index (χ2v) is 4.85. The normalized spacial score (nSPS) is 9.92. The van der Waals surface area contributed by atoms with Crippen molar-refractivity contribution in [2.75, 3.05) is 19.3 Å². The van der Waals surface area contributed by atoms with Gasteiger partial charge in [0.15, 0.2) is 0 Å². The summed E-state index contributed by atoms with van der Waals surface area (Å²) >= 11 is 0. The zero-order valence-electron chi connectivity index (χ0n) is 8.00. The highest BCUT2D eigenvalue weighted by Gasteiger charge is 2.10. The molecule has 0 radical (unpaired) electrons. The van der Waals surface area contributed by atoms with Gasteiger partial charge in [-0.3, -0.25) is 4.79 Å². The molecular formula is C8H17NOS2. The van der Waals surface area contributed by atoms with Crippen molar-refractivity contribution in [2.45, 2.75) is 26.7 Å². The predicted octanol–water partition coefficient (Wildman–Crippen LogP) is 3.24. The SMILES string of the molecule is CCCN(CCC)C(=O)SSC. The molecule has 0 spiro atoms. The highest BCUT2D eigenvalue weighted by molar-refractivity contribution is 8.81. The van der Waals surface area contributed by atoms with Crippen LogP contribution in [0.2, 0.25) is 0 Å². The monoisotopic (exact) mass is 207 g/mol. The quantitative estimate of drug-likeness (QED) is 0.646. The van der Waals surface area contributed by atoms with Crippen LogP contribution in [0.1, 0.15) is 26.7 Å². The Bertz CT molecular complexity index is 124. The van der Waals surface area contributed by atoms with Crippen LogP contribution in [-0.2, 0) is 0 Å². The first kappa shape index (κ1) is 12.2. The maximum absolute atomic E-state index is 11.4. The van der Waals surface area contributed by atoms with Crippen LogP contribution in [0.15, 0.2) is 0 Å². The van der Waals surface area contributed by atoms with Gasteiger partial charge in [0.1, 0.15) is 0 Å². The van der Waals surface area contributed by atoms with E-state index < -0.39 is 0 Å². The van der Waals surface area contributed by atoms with Crippen molar-refractivity contribution < 1.29 is 4.79 Å². The molecule has 0 aliphatic heterocycles. The van der Waals surface area contributed by atoms with E-state index in [0.29, 0.717) is 0 Å². The summed E-state index contributed by atoms with van der Waals surface area (Å²) in [5.41, 5.74) is 0. The van der Waals surface area contributed by atoms with Gasteiger partial charge in [-0.25, -0.2) is 0 Å². The fourth-order valence-electron chi connectivity index (χ4n) is 0.958. The van der Waals surface area contributed by atoms with Crippen molar-refractivity contribution in [2.24, 2.45) is 0 Å². The molecule has 0 aromatic rings. The number of nitrogens with zero attached hydrogens (tertiary/aromatic N) is 1. The van der Waals surface area contributed by atoms with Gasteiger partial charge in [0.25, 0.3) is 5.24 Å². The van der Waals surface area contributed by atoms with Gasteiger partial charge in [-0.1, -0.05) is 24.6 Å². The van der Waals surface area contributed by atoms with Crippen LogP contribution in [0.5, 0.6) is 0 Å². The Balaban J connectivity index is 3.81. The van der Waals surface area contributed by atoms with Crippen molar-refractivity contribution in [1.29, 1.82) is 0 Å². The summed E-state index contributed by atoms with van der Waals surface area (Å²) < 4.78 is 0. The minimum Gasteiger partial charge on any atom is -0.333 e.